The van der Waals surface area contributed by atoms with E-state index < -0.39 is 5.97 Å². The maximum Gasteiger partial charge on any atom is 0.332 e. The van der Waals surface area contributed by atoms with E-state index in [9.17, 15) is 14.4 Å². The molecule has 4 atom stereocenters. The Morgan fingerprint density at radius 3 is 2.27 bits per heavy atom. The number of ether oxygens (including phenoxy) is 1. The van der Waals surface area contributed by atoms with Crippen LogP contribution in [0.15, 0.2) is 33.9 Å². The maximum atomic E-state index is 13.8. The Bertz CT molecular complexity index is 1200. The molecule has 0 N–H and O–H groups in total. The van der Waals surface area contributed by atoms with Crippen LogP contribution in [0.2, 0.25) is 0 Å². The molecule has 0 radical (unpaired) electrons. The predicted molar refractivity (Wildman–Crippen MR) is 146 cm³/mol. The van der Waals surface area contributed by atoms with E-state index in [-0.39, 0.29) is 30.4 Å². The van der Waals surface area contributed by atoms with Crippen LogP contribution in [0.4, 0.5) is 0 Å². The molecule has 1 aromatic carbocycles. The van der Waals surface area contributed by atoms with Crippen LogP contribution in [0.3, 0.4) is 0 Å². The van der Waals surface area contributed by atoms with Gasteiger partial charge < -0.3 is 4.74 Å². The number of nitrogens with zero attached hydrogens (tertiary/aromatic N) is 3. The quantitative estimate of drug-likeness (QED) is 0.511. The summed E-state index contributed by atoms with van der Waals surface area (Å²) < 4.78 is 8.08. The minimum atomic E-state index is -0.457. The number of piperidine rings is 2. The van der Waals surface area contributed by atoms with Crippen molar-refractivity contribution < 1.29 is 9.53 Å². The van der Waals surface area contributed by atoms with Crippen molar-refractivity contribution in [1.29, 1.82) is 0 Å². The maximum absolute atomic E-state index is 13.8. The molecular weight excluding hydrogens is 466 g/mol. The average molecular weight is 510 g/mol. The number of hydrogen-bond acceptors (Lipinski definition) is 5. The van der Waals surface area contributed by atoms with E-state index in [2.05, 4.69) is 11.8 Å². The molecule has 4 unspecified atom stereocenters. The SMILES string of the molecule is CCOC(=O)Cn1c(=O)n(C2CC3CCCC(C2)N3C2CCCCCC(CC)C2)c(=O)c2ccccc21. The Balaban J connectivity index is 1.49. The Morgan fingerprint density at radius 1 is 0.865 bits per heavy atom. The van der Waals surface area contributed by atoms with Crippen molar-refractivity contribution in [3.63, 3.8) is 0 Å². The summed E-state index contributed by atoms with van der Waals surface area (Å²) in [6.45, 7) is 4.17. The number of fused-ring (bicyclic) bond motifs is 3. The van der Waals surface area contributed by atoms with Gasteiger partial charge in [0.1, 0.15) is 6.54 Å². The summed E-state index contributed by atoms with van der Waals surface area (Å²) in [5, 5.41) is 0.491. The molecule has 2 saturated heterocycles. The number of aromatic nitrogens is 2. The Labute approximate surface area is 219 Å². The molecule has 1 aromatic heterocycles. The molecule has 2 aliphatic heterocycles. The van der Waals surface area contributed by atoms with Gasteiger partial charge in [-0.05, 0) is 63.5 Å². The third-order valence-corrected chi connectivity index (χ3v) is 9.30. The van der Waals surface area contributed by atoms with Gasteiger partial charge in [-0.1, -0.05) is 57.6 Å². The number of carbonyl (C=O) groups is 1. The van der Waals surface area contributed by atoms with Crippen LogP contribution in [-0.2, 0) is 16.1 Å². The average Bonchev–Trinajstić information content (AvgIpc) is 2.87. The Kier molecular flexibility index (Phi) is 8.18. The molecule has 1 saturated carbocycles. The van der Waals surface area contributed by atoms with Crippen molar-refractivity contribution in [1.82, 2.24) is 14.0 Å². The molecule has 1 aliphatic carbocycles. The summed E-state index contributed by atoms with van der Waals surface area (Å²) in [5.41, 5.74) is -0.112. The second-order valence-electron chi connectivity index (χ2n) is 11.5. The van der Waals surface area contributed by atoms with E-state index in [1.165, 1.54) is 60.5 Å². The molecule has 3 aliphatic rings. The first-order valence-corrected chi connectivity index (χ1v) is 14.7. The molecule has 3 heterocycles. The highest BCUT2D eigenvalue weighted by molar-refractivity contribution is 5.80. The molecule has 202 valence electrons. The van der Waals surface area contributed by atoms with Crippen molar-refractivity contribution in [3.8, 4) is 0 Å². The van der Waals surface area contributed by atoms with Gasteiger partial charge in [-0.15, -0.1) is 0 Å². The summed E-state index contributed by atoms with van der Waals surface area (Å²) in [6, 6.07) is 8.45. The lowest BCUT2D eigenvalue weighted by Gasteiger charge is -2.53. The van der Waals surface area contributed by atoms with Crippen molar-refractivity contribution in [2.45, 2.75) is 122 Å². The minimum Gasteiger partial charge on any atom is -0.465 e. The van der Waals surface area contributed by atoms with Gasteiger partial charge in [-0.25, -0.2) is 4.79 Å². The molecule has 2 bridgehead atoms. The van der Waals surface area contributed by atoms with Crippen molar-refractivity contribution in [2.24, 2.45) is 5.92 Å². The number of benzene rings is 1. The normalized spacial score (nSPS) is 29.0. The second kappa shape index (κ2) is 11.5. The number of hydrogen-bond donors (Lipinski definition) is 0. The van der Waals surface area contributed by atoms with Crippen molar-refractivity contribution in [2.75, 3.05) is 6.61 Å². The lowest BCUT2D eigenvalue weighted by molar-refractivity contribution is -0.143. The highest BCUT2D eigenvalue weighted by Crippen LogP contribution is 2.42. The fourth-order valence-electron chi connectivity index (χ4n) is 7.60. The first-order valence-electron chi connectivity index (χ1n) is 14.7. The van der Waals surface area contributed by atoms with Gasteiger partial charge in [-0.2, -0.15) is 0 Å². The van der Waals surface area contributed by atoms with Gasteiger partial charge in [0.05, 0.1) is 17.5 Å². The van der Waals surface area contributed by atoms with Crippen LogP contribution in [0.1, 0.15) is 96.9 Å². The number of para-hydroxylation sites is 1. The zero-order valence-electron chi connectivity index (χ0n) is 22.6. The Morgan fingerprint density at radius 2 is 1.54 bits per heavy atom. The smallest absolute Gasteiger partial charge is 0.332 e. The fourth-order valence-corrected chi connectivity index (χ4v) is 7.60. The standard InChI is InChI=1S/C30H43N3O4/c1-3-21-11-6-5-7-12-22(17-21)32-23-13-10-14-24(32)19-25(18-23)33-29(35)26-15-8-9-16-27(26)31(30(33)36)20-28(34)37-4-2/h8-9,15-16,21-25H,3-7,10-14,17-20H2,1-2H3. The van der Waals surface area contributed by atoms with Crippen molar-refractivity contribution in [3.05, 3.63) is 45.1 Å². The molecule has 5 rings (SSSR count). The minimum absolute atomic E-state index is 0.139. The van der Waals surface area contributed by atoms with Gasteiger partial charge in [0.2, 0.25) is 0 Å². The van der Waals surface area contributed by atoms with Crippen LogP contribution in [0.25, 0.3) is 10.9 Å². The lowest BCUT2D eigenvalue weighted by atomic mass is 9.77. The van der Waals surface area contributed by atoms with Gasteiger partial charge in [0.15, 0.2) is 0 Å². The Hall–Kier alpha value is -2.41. The van der Waals surface area contributed by atoms with Gasteiger partial charge in [0.25, 0.3) is 5.56 Å². The summed E-state index contributed by atoms with van der Waals surface area (Å²) in [5.74, 6) is 0.350. The largest absolute Gasteiger partial charge is 0.465 e. The first-order chi connectivity index (χ1) is 18.0. The molecule has 37 heavy (non-hydrogen) atoms. The van der Waals surface area contributed by atoms with E-state index in [0.717, 1.165) is 31.6 Å². The number of carbonyl (C=O) groups excluding carboxylic acids is 1. The van der Waals surface area contributed by atoms with Crippen LogP contribution in [-0.4, -0.2) is 44.7 Å². The summed E-state index contributed by atoms with van der Waals surface area (Å²) >= 11 is 0. The van der Waals surface area contributed by atoms with Crippen LogP contribution in [0, 0.1) is 5.92 Å². The number of esters is 1. The van der Waals surface area contributed by atoms with E-state index in [0.29, 0.717) is 29.0 Å². The molecule has 7 nitrogen and oxygen atoms in total. The van der Waals surface area contributed by atoms with Gasteiger partial charge in [-0.3, -0.25) is 23.6 Å². The first kappa shape index (κ1) is 26.2. The number of rotatable bonds is 6. The zero-order chi connectivity index (χ0) is 25.9. The van der Waals surface area contributed by atoms with E-state index in [1.54, 1.807) is 25.1 Å². The van der Waals surface area contributed by atoms with Gasteiger partial charge in [0, 0.05) is 24.2 Å². The summed E-state index contributed by atoms with van der Waals surface area (Å²) in [7, 11) is 0. The highest BCUT2D eigenvalue weighted by Gasteiger charge is 2.43. The molecule has 0 spiro atoms. The third kappa shape index (κ3) is 5.29. The lowest BCUT2D eigenvalue weighted by Crippen LogP contribution is -2.58. The molecule has 7 heteroatoms. The van der Waals surface area contributed by atoms with Crippen LogP contribution < -0.4 is 11.2 Å². The van der Waals surface area contributed by atoms with Gasteiger partial charge >= 0.3 is 11.7 Å². The highest BCUT2D eigenvalue weighted by atomic mass is 16.5. The molecule has 3 fully saturated rings. The van der Waals surface area contributed by atoms with Crippen molar-refractivity contribution >= 4 is 16.9 Å². The van der Waals surface area contributed by atoms with Crippen LogP contribution in [0.5, 0.6) is 0 Å². The van der Waals surface area contributed by atoms with E-state index in [1.807, 2.05) is 6.07 Å². The second-order valence-corrected chi connectivity index (χ2v) is 11.5. The topological polar surface area (TPSA) is 73.5 Å². The van der Waals surface area contributed by atoms with E-state index >= 15 is 0 Å². The zero-order valence-corrected chi connectivity index (χ0v) is 22.6. The molecule has 0 amide bonds. The molecule has 2 aromatic rings. The fraction of sp³-hybridized carbons (Fsp3) is 0.700. The summed E-state index contributed by atoms with van der Waals surface area (Å²) in [4.78, 5) is 42.7. The van der Waals surface area contributed by atoms with Crippen LogP contribution >= 0.6 is 0 Å². The monoisotopic (exact) mass is 509 g/mol. The van der Waals surface area contributed by atoms with E-state index in [4.69, 9.17) is 4.74 Å². The predicted octanol–water partition coefficient (Wildman–Crippen LogP) is 5.03. The summed E-state index contributed by atoms with van der Waals surface area (Å²) in [6.07, 6.45) is 14.3. The third-order valence-electron chi connectivity index (χ3n) is 9.30. The molecular formula is C30H43N3O4.